The highest BCUT2D eigenvalue weighted by Gasteiger charge is 2.21. The second-order valence-electron chi connectivity index (χ2n) is 5.72. The summed E-state index contributed by atoms with van der Waals surface area (Å²) in [5.41, 5.74) is 9.05. The zero-order chi connectivity index (χ0) is 13.2. The maximum absolute atomic E-state index is 6.46. The first-order valence-corrected chi connectivity index (χ1v) is 7.21. The summed E-state index contributed by atoms with van der Waals surface area (Å²) >= 11 is 0. The average molecular weight is 254 g/mol. The standard InChI is InChI=1S/C17H22N2/c1-12-2-3-15-11-16(5-4-14(15)10-12)17(18)13-6-8-19-9-7-13/h2-5,10-11,13,17,19H,6-9,18H2,1H3. The van der Waals surface area contributed by atoms with Crippen LogP contribution in [-0.2, 0) is 0 Å². The van der Waals surface area contributed by atoms with E-state index in [4.69, 9.17) is 5.73 Å². The minimum atomic E-state index is 0.174. The molecule has 3 N–H and O–H groups in total. The molecule has 1 fully saturated rings. The van der Waals surface area contributed by atoms with E-state index in [9.17, 15) is 0 Å². The number of nitrogens with one attached hydrogen (secondary N) is 1. The number of nitrogens with two attached hydrogens (primary N) is 1. The van der Waals surface area contributed by atoms with Crippen LogP contribution in [-0.4, -0.2) is 13.1 Å². The molecule has 0 saturated carbocycles. The molecule has 0 spiro atoms. The van der Waals surface area contributed by atoms with E-state index < -0.39 is 0 Å². The molecule has 1 aliphatic heterocycles. The molecule has 0 aromatic heterocycles. The lowest BCUT2D eigenvalue weighted by Gasteiger charge is -2.28. The maximum Gasteiger partial charge on any atom is 0.0324 e. The van der Waals surface area contributed by atoms with Gasteiger partial charge in [0.15, 0.2) is 0 Å². The van der Waals surface area contributed by atoms with Crippen LogP contribution < -0.4 is 11.1 Å². The van der Waals surface area contributed by atoms with Gasteiger partial charge < -0.3 is 11.1 Å². The predicted octanol–water partition coefficient (Wildman–Crippen LogP) is 3.15. The molecule has 2 nitrogen and oxygen atoms in total. The monoisotopic (exact) mass is 254 g/mol. The fraction of sp³-hybridized carbons (Fsp3) is 0.412. The van der Waals surface area contributed by atoms with Gasteiger partial charge in [-0.05, 0) is 61.2 Å². The Morgan fingerprint density at radius 3 is 2.53 bits per heavy atom. The van der Waals surface area contributed by atoms with E-state index in [0.717, 1.165) is 13.1 Å². The van der Waals surface area contributed by atoms with E-state index in [1.165, 1.54) is 34.7 Å². The molecule has 1 atom stereocenters. The molecule has 0 radical (unpaired) electrons. The molecule has 3 rings (SSSR count). The Morgan fingerprint density at radius 2 is 1.74 bits per heavy atom. The molecule has 0 aliphatic carbocycles. The Hall–Kier alpha value is -1.38. The highest BCUT2D eigenvalue weighted by Crippen LogP contribution is 2.29. The molecule has 2 aromatic rings. The van der Waals surface area contributed by atoms with E-state index in [0.29, 0.717) is 5.92 Å². The highest BCUT2D eigenvalue weighted by molar-refractivity contribution is 5.83. The van der Waals surface area contributed by atoms with E-state index in [-0.39, 0.29) is 6.04 Å². The Kier molecular flexibility index (Phi) is 3.54. The van der Waals surface area contributed by atoms with Crippen molar-refractivity contribution in [2.75, 3.05) is 13.1 Å². The molecular formula is C17H22N2. The molecule has 1 heterocycles. The quantitative estimate of drug-likeness (QED) is 0.864. The normalized spacial score (nSPS) is 18.6. The first kappa shape index (κ1) is 12.6. The number of rotatable bonds is 2. The number of benzene rings is 2. The van der Waals surface area contributed by atoms with Crippen molar-refractivity contribution in [1.82, 2.24) is 5.32 Å². The SMILES string of the molecule is Cc1ccc2cc(C(N)C3CCNCC3)ccc2c1. The largest absolute Gasteiger partial charge is 0.324 e. The fourth-order valence-corrected chi connectivity index (χ4v) is 3.07. The molecular weight excluding hydrogens is 232 g/mol. The van der Waals surface area contributed by atoms with Crippen LogP contribution in [0.4, 0.5) is 0 Å². The summed E-state index contributed by atoms with van der Waals surface area (Å²) in [6, 6.07) is 13.4. The molecule has 0 amide bonds. The predicted molar refractivity (Wildman–Crippen MR) is 81.2 cm³/mol. The first-order chi connectivity index (χ1) is 9.24. The van der Waals surface area contributed by atoms with Crippen LogP contribution in [0.25, 0.3) is 10.8 Å². The summed E-state index contributed by atoms with van der Waals surface area (Å²) < 4.78 is 0. The van der Waals surface area contributed by atoms with Crippen LogP contribution in [0.2, 0.25) is 0 Å². The third-order valence-corrected chi connectivity index (χ3v) is 4.30. The van der Waals surface area contributed by atoms with Gasteiger partial charge in [-0.15, -0.1) is 0 Å². The van der Waals surface area contributed by atoms with E-state index in [2.05, 4.69) is 48.6 Å². The smallest absolute Gasteiger partial charge is 0.0324 e. The van der Waals surface area contributed by atoms with Gasteiger partial charge in [0.25, 0.3) is 0 Å². The van der Waals surface area contributed by atoms with Crippen LogP contribution in [0, 0.1) is 12.8 Å². The third-order valence-electron chi connectivity index (χ3n) is 4.30. The number of fused-ring (bicyclic) bond motifs is 1. The summed E-state index contributed by atoms with van der Waals surface area (Å²) in [5.74, 6) is 0.615. The van der Waals surface area contributed by atoms with E-state index in [1.807, 2.05) is 0 Å². The van der Waals surface area contributed by atoms with Crippen molar-refractivity contribution < 1.29 is 0 Å². The van der Waals surface area contributed by atoms with Crippen molar-refractivity contribution in [3.05, 3.63) is 47.5 Å². The van der Waals surface area contributed by atoms with E-state index >= 15 is 0 Å². The molecule has 1 aliphatic rings. The Labute approximate surface area is 115 Å². The van der Waals surface area contributed by atoms with Crippen molar-refractivity contribution in [3.8, 4) is 0 Å². The minimum absolute atomic E-state index is 0.174. The summed E-state index contributed by atoms with van der Waals surface area (Å²) in [7, 11) is 0. The topological polar surface area (TPSA) is 38.0 Å². The van der Waals surface area contributed by atoms with Crippen LogP contribution in [0.3, 0.4) is 0 Å². The lowest BCUT2D eigenvalue weighted by Crippen LogP contribution is -2.33. The Morgan fingerprint density at radius 1 is 1.05 bits per heavy atom. The summed E-state index contributed by atoms with van der Waals surface area (Å²) in [6.07, 6.45) is 2.38. The molecule has 1 saturated heterocycles. The molecule has 2 aromatic carbocycles. The highest BCUT2D eigenvalue weighted by atomic mass is 14.9. The van der Waals surface area contributed by atoms with Gasteiger partial charge in [-0.3, -0.25) is 0 Å². The zero-order valence-corrected chi connectivity index (χ0v) is 11.5. The van der Waals surface area contributed by atoms with Crippen LogP contribution in [0.15, 0.2) is 36.4 Å². The summed E-state index contributed by atoms with van der Waals surface area (Å²) in [5, 5.41) is 6.01. The number of aryl methyl sites for hydroxylation is 1. The van der Waals surface area contributed by atoms with E-state index in [1.54, 1.807) is 0 Å². The molecule has 100 valence electrons. The fourth-order valence-electron chi connectivity index (χ4n) is 3.07. The van der Waals surface area contributed by atoms with Crippen molar-refractivity contribution in [2.24, 2.45) is 11.7 Å². The van der Waals surface area contributed by atoms with Crippen molar-refractivity contribution >= 4 is 10.8 Å². The lowest BCUT2D eigenvalue weighted by molar-refractivity contribution is 0.322. The lowest BCUT2D eigenvalue weighted by atomic mass is 9.86. The number of piperidine rings is 1. The average Bonchev–Trinajstić information content (AvgIpc) is 2.47. The van der Waals surface area contributed by atoms with Gasteiger partial charge in [0.05, 0.1) is 0 Å². The van der Waals surface area contributed by atoms with Crippen LogP contribution >= 0.6 is 0 Å². The second-order valence-corrected chi connectivity index (χ2v) is 5.72. The molecule has 2 heteroatoms. The molecule has 19 heavy (non-hydrogen) atoms. The van der Waals surface area contributed by atoms with Crippen LogP contribution in [0.5, 0.6) is 0 Å². The van der Waals surface area contributed by atoms with Gasteiger partial charge in [-0.2, -0.15) is 0 Å². The van der Waals surface area contributed by atoms with Gasteiger partial charge in [0.2, 0.25) is 0 Å². The van der Waals surface area contributed by atoms with Gasteiger partial charge >= 0.3 is 0 Å². The minimum Gasteiger partial charge on any atom is -0.324 e. The van der Waals surface area contributed by atoms with Gasteiger partial charge in [-0.25, -0.2) is 0 Å². The molecule has 1 unspecified atom stereocenters. The van der Waals surface area contributed by atoms with Crippen LogP contribution in [0.1, 0.15) is 30.0 Å². The summed E-state index contributed by atoms with van der Waals surface area (Å²) in [6.45, 7) is 4.34. The maximum atomic E-state index is 6.46. The van der Waals surface area contributed by atoms with Crippen molar-refractivity contribution in [3.63, 3.8) is 0 Å². The first-order valence-electron chi connectivity index (χ1n) is 7.21. The molecule has 0 bridgehead atoms. The van der Waals surface area contributed by atoms with Crippen molar-refractivity contribution in [1.29, 1.82) is 0 Å². The summed E-state index contributed by atoms with van der Waals surface area (Å²) in [4.78, 5) is 0. The second kappa shape index (κ2) is 5.32. The Bertz CT molecular complexity index is 570. The van der Waals surface area contributed by atoms with Gasteiger partial charge in [-0.1, -0.05) is 35.9 Å². The van der Waals surface area contributed by atoms with Gasteiger partial charge in [0, 0.05) is 6.04 Å². The zero-order valence-electron chi connectivity index (χ0n) is 11.5. The number of hydrogen-bond donors (Lipinski definition) is 2. The third kappa shape index (κ3) is 2.65. The Balaban J connectivity index is 1.89. The van der Waals surface area contributed by atoms with Crippen molar-refractivity contribution in [2.45, 2.75) is 25.8 Å². The number of hydrogen-bond acceptors (Lipinski definition) is 2. The van der Waals surface area contributed by atoms with Gasteiger partial charge in [0.1, 0.15) is 0 Å².